The summed E-state index contributed by atoms with van der Waals surface area (Å²) in [6, 6.07) is 12.5. The zero-order valence-corrected chi connectivity index (χ0v) is 12.2. The van der Waals surface area contributed by atoms with Gasteiger partial charge in [-0.05, 0) is 72.1 Å². The van der Waals surface area contributed by atoms with Crippen molar-refractivity contribution in [2.45, 2.75) is 44.7 Å². The van der Waals surface area contributed by atoms with E-state index in [1.54, 1.807) is 12.1 Å². The molecule has 0 heterocycles. The van der Waals surface area contributed by atoms with Crippen molar-refractivity contribution >= 4 is 0 Å². The fraction of sp³-hybridized carbons (Fsp3) is 0.368. The highest BCUT2D eigenvalue weighted by molar-refractivity contribution is 5.69. The number of hydrogen-bond donors (Lipinski definition) is 1. The Labute approximate surface area is 125 Å². The minimum absolute atomic E-state index is 0.152. The van der Waals surface area contributed by atoms with Gasteiger partial charge in [-0.3, -0.25) is 0 Å². The third-order valence-corrected chi connectivity index (χ3v) is 4.64. The maximum absolute atomic E-state index is 13.7. The molecule has 21 heavy (non-hydrogen) atoms. The largest absolute Gasteiger partial charge is 0.310 e. The Balaban J connectivity index is 1.69. The summed E-state index contributed by atoms with van der Waals surface area (Å²) in [4.78, 5) is 0. The van der Waals surface area contributed by atoms with Gasteiger partial charge in [0.1, 0.15) is 5.82 Å². The minimum Gasteiger partial charge on any atom is -0.310 e. The number of benzene rings is 2. The smallest absolute Gasteiger partial charge is 0.123 e. The average Bonchev–Trinajstić information content (AvgIpc) is 3.21. The van der Waals surface area contributed by atoms with E-state index in [0.717, 1.165) is 24.1 Å². The summed E-state index contributed by atoms with van der Waals surface area (Å²) in [6.07, 6.45) is 6.14. The minimum atomic E-state index is -0.152. The Hall–Kier alpha value is -1.67. The molecule has 1 saturated carbocycles. The van der Waals surface area contributed by atoms with E-state index in [0.29, 0.717) is 6.04 Å². The van der Waals surface area contributed by atoms with Crippen molar-refractivity contribution in [1.82, 2.24) is 5.32 Å². The van der Waals surface area contributed by atoms with Gasteiger partial charge in [-0.2, -0.15) is 0 Å². The van der Waals surface area contributed by atoms with Gasteiger partial charge < -0.3 is 5.32 Å². The lowest BCUT2D eigenvalue weighted by atomic mass is 9.96. The Kier molecular flexibility index (Phi) is 3.27. The predicted molar refractivity (Wildman–Crippen MR) is 83.7 cm³/mol. The molecule has 0 atom stereocenters. The highest BCUT2D eigenvalue weighted by atomic mass is 19.1. The maximum Gasteiger partial charge on any atom is 0.123 e. The van der Waals surface area contributed by atoms with E-state index in [1.807, 2.05) is 6.07 Å². The monoisotopic (exact) mass is 281 g/mol. The highest BCUT2D eigenvalue weighted by Crippen LogP contribution is 2.31. The topological polar surface area (TPSA) is 12.0 Å². The number of hydrogen-bond acceptors (Lipinski definition) is 1. The van der Waals surface area contributed by atoms with Crippen molar-refractivity contribution in [1.29, 1.82) is 0 Å². The van der Waals surface area contributed by atoms with Gasteiger partial charge in [-0.25, -0.2) is 4.39 Å². The van der Waals surface area contributed by atoms with Crippen LogP contribution >= 0.6 is 0 Å². The molecule has 0 saturated heterocycles. The van der Waals surface area contributed by atoms with Crippen LogP contribution in [0.3, 0.4) is 0 Å². The third-order valence-electron chi connectivity index (χ3n) is 4.64. The van der Waals surface area contributed by atoms with E-state index in [1.165, 1.54) is 42.4 Å². The molecular weight excluding hydrogens is 261 g/mol. The fourth-order valence-electron chi connectivity index (χ4n) is 3.25. The summed E-state index contributed by atoms with van der Waals surface area (Å²) in [6.45, 7) is 0.831. The molecule has 108 valence electrons. The molecule has 0 amide bonds. The standard InChI is InChI=1S/C19H20FN/c20-17-7-6-16(12-21-18-8-9-18)19(11-17)15-5-4-13-2-1-3-14(13)10-15/h4-7,10-11,18,21H,1-3,8-9,12H2. The third kappa shape index (κ3) is 2.73. The zero-order chi connectivity index (χ0) is 14.2. The van der Waals surface area contributed by atoms with E-state index in [2.05, 4.69) is 23.5 Å². The van der Waals surface area contributed by atoms with Crippen molar-refractivity contribution in [3.05, 3.63) is 58.9 Å². The van der Waals surface area contributed by atoms with Crippen LogP contribution in [0, 0.1) is 5.82 Å². The van der Waals surface area contributed by atoms with E-state index in [-0.39, 0.29) is 5.82 Å². The van der Waals surface area contributed by atoms with Crippen molar-refractivity contribution in [3.8, 4) is 11.1 Å². The number of rotatable bonds is 4. The van der Waals surface area contributed by atoms with Gasteiger partial charge in [0.2, 0.25) is 0 Å². The van der Waals surface area contributed by atoms with Gasteiger partial charge in [0.05, 0.1) is 0 Å². The average molecular weight is 281 g/mol. The van der Waals surface area contributed by atoms with Gasteiger partial charge in [0.15, 0.2) is 0 Å². The van der Waals surface area contributed by atoms with Crippen LogP contribution in [-0.2, 0) is 19.4 Å². The predicted octanol–water partition coefficient (Wildman–Crippen LogP) is 4.23. The fourth-order valence-corrected chi connectivity index (χ4v) is 3.25. The zero-order valence-electron chi connectivity index (χ0n) is 12.2. The Morgan fingerprint density at radius 1 is 1.00 bits per heavy atom. The molecule has 2 heteroatoms. The number of halogens is 1. The molecule has 4 rings (SSSR count). The molecule has 1 fully saturated rings. The maximum atomic E-state index is 13.7. The second kappa shape index (κ2) is 5.27. The van der Waals surface area contributed by atoms with Gasteiger partial charge in [-0.1, -0.05) is 24.3 Å². The van der Waals surface area contributed by atoms with Gasteiger partial charge in [0.25, 0.3) is 0 Å². The van der Waals surface area contributed by atoms with Crippen LogP contribution in [0.5, 0.6) is 0 Å². The van der Waals surface area contributed by atoms with Crippen molar-refractivity contribution in [2.75, 3.05) is 0 Å². The van der Waals surface area contributed by atoms with Gasteiger partial charge >= 0.3 is 0 Å². The second-order valence-electron chi connectivity index (χ2n) is 6.29. The molecule has 0 aromatic heterocycles. The second-order valence-corrected chi connectivity index (χ2v) is 6.29. The van der Waals surface area contributed by atoms with E-state index in [9.17, 15) is 4.39 Å². The van der Waals surface area contributed by atoms with Gasteiger partial charge in [-0.15, -0.1) is 0 Å². The summed E-state index contributed by atoms with van der Waals surface area (Å²) in [5.41, 5.74) is 6.30. The quantitative estimate of drug-likeness (QED) is 0.884. The Bertz CT molecular complexity index is 673. The van der Waals surface area contributed by atoms with Gasteiger partial charge in [0, 0.05) is 12.6 Å². The first-order valence-corrected chi connectivity index (χ1v) is 7.93. The number of nitrogens with one attached hydrogen (secondary N) is 1. The van der Waals surface area contributed by atoms with E-state index < -0.39 is 0 Å². The number of fused-ring (bicyclic) bond motifs is 1. The Morgan fingerprint density at radius 3 is 2.71 bits per heavy atom. The molecule has 2 aliphatic carbocycles. The van der Waals surface area contributed by atoms with Crippen molar-refractivity contribution < 1.29 is 4.39 Å². The van der Waals surface area contributed by atoms with Crippen LogP contribution in [0.4, 0.5) is 4.39 Å². The van der Waals surface area contributed by atoms with Crippen molar-refractivity contribution in [2.24, 2.45) is 0 Å². The van der Waals surface area contributed by atoms with Crippen molar-refractivity contribution in [3.63, 3.8) is 0 Å². The van der Waals surface area contributed by atoms with E-state index in [4.69, 9.17) is 0 Å². The SMILES string of the molecule is Fc1ccc(CNC2CC2)c(-c2ccc3c(c2)CCC3)c1. The molecular formula is C19H20FN. The van der Waals surface area contributed by atoms with E-state index >= 15 is 0 Å². The van der Waals surface area contributed by atoms with Crippen LogP contribution in [0.1, 0.15) is 36.0 Å². The first-order valence-electron chi connectivity index (χ1n) is 7.93. The molecule has 1 nitrogen and oxygen atoms in total. The molecule has 0 radical (unpaired) electrons. The molecule has 2 aromatic carbocycles. The first-order chi connectivity index (χ1) is 10.3. The van der Waals surface area contributed by atoms with Crippen LogP contribution in [0.15, 0.2) is 36.4 Å². The lowest BCUT2D eigenvalue weighted by Gasteiger charge is -2.12. The molecule has 1 N–H and O–H groups in total. The molecule has 2 aliphatic rings. The lowest BCUT2D eigenvalue weighted by molar-refractivity contribution is 0.625. The molecule has 0 unspecified atom stereocenters. The number of aryl methyl sites for hydroxylation is 2. The molecule has 2 aromatic rings. The first kappa shape index (κ1) is 13.0. The normalized spacial score (nSPS) is 17.0. The molecule has 0 aliphatic heterocycles. The Morgan fingerprint density at radius 2 is 1.86 bits per heavy atom. The molecule has 0 bridgehead atoms. The lowest BCUT2D eigenvalue weighted by Crippen LogP contribution is -2.16. The van der Waals surface area contributed by atoms with Crippen LogP contribution < -0.4 is 5.32 Å². The highest BCUT2D eigenvalue weighted by Gasteiger charge is 2.21. The molecule has 0 spiro atoms. The summed E-state index contributed by atoms with van der Waals surface area (Å²) in [5, 5.41) is 3.53. The van der Waals surface area contributed by atoms with Crippen LogP contribution in [0.25, 0.3) is 11.1 Å². The summed E-state index contributed by atoms with van der Waals surface area (Å²) in [7, 11) is 0. The van der Waals surface area contributed by atoms with Crippen LogP contribution in [0.2, 0.25) is 0 Å². The summed E-state index contributed by atoms with van der Waals surface area (Å²) in [5.74, 6) is -0.152. The van der Waals surface area contributed by atoms with Crippen LogP contribution in [-0.4, -0.2) is 6.04 Å². The summed E-state index contributed by atoms with van der Waals surface area (Å²) < 4.78 is 13.7. The summed E-state index contributed by atoms with van der Waals surface area (Å²) >= 11 is 0.